The van der Waals surface area contributed by atoms with Crippen LogP contribution in [-0.2, 0) is 0 Å². The second-order valence-electron chi connectivity index (χ2n) is 5.46. The molecule has 0 aromatic carbocycles. The lowest BCUT2D eigenvalue weighted by Gasteiger charge is -2.41. The minimum atomic E-state index is 0.0131. The Labute approximate surface area is 89.6 Å². The molecular formula is C12H28N2. The molecular weight excluding hydrogens is 172 g/mol. The molecule has 0 bridgehead atoms. The molecule has 0 aliphatic heterocycles. The summed E-state index contributed by atoms with van der Waals surface area (Å²) in [6, 6.07) is 0. The van der Waals surface area contributed by atoms with Crippen LogP contribution in [0.4, 0.5) is 0 Å². The van der Waals surface area contributed by atoms with Crippen LogP contribution in [0.15, 0.2) is 0 Å². The molecule has 0 aromatic heterocycles. The molecule has 0 atom stereocenters. The third-order valence-corrected chi connectivity index (χ3v) is 3.71. The second-order valence-corrected chi connectivity index (χ2v) is 5.46. The molecule has 3 N–H and O–H groups in total. The van der Waals surface area contributed by atoms with Gasteiger partial charge >= 0.3 is 0 Å². The van der Waals surface area contributed by atoms with E-state index in [9.17, 15) is 0 Å². The molecule has 0 heterocycles. The van der Waals surface area contributed by atoms with Crippen molar-refractivity contribution in [3.8, 4) is 0 Å². The fourth-order valence-electron chi connectivity index (χ4n) is 1.50. The topological polar surface area (TPSA) is 38.0 Å². The first-order valence-electron chi connectivity index (χ1n) is 5.85. The summed E-state index contributed by atoms with van der Waals surface area (Å²) in [4.78, 5) is 0. The molecule has 0 amide bonds. The Balaban J connectivity index is 3.94. The molecule has 0 aliphatic rings. The van der Waals surface area contributed by atoms with Crippen molar-refractivity contribution in [2.45, 2.75) is 72.3 Å². The molecule has 0 spiro atoms. The summed E-state index contributed by atoms with van der Waals surface area (Å²) >= 11 is 0. The van der Waals surface area contributed by atoms with E-state index >= 15 is 0 Å². The number of rotatable bonds is 7. The fourth-order valence-corrected chi connectivity index (χ4v) is 1.50. The predicted octanol–water partition coefficient (Wildman–Crippen LogP) is 3.22. The van der Waals surface area contributed by atoms with Gasteiger partial charge < -0.3 is 0 Å². The zero-order chi connectivity index (χ0) is 11.2. The summed E-state index contributed by atoms with van der Waals surface area (Å²) in [6.45, 7) is 11.2. The fraction of sp³-hybridized carbons (Fsp3) is 1.00. The molecule has 86 valence electrons. The van der Waals surface area contributed by atoms with E-state index in [1.165, 1.54) is 32.1 Å². The Hall–Kier alpha value is -0.0800. The normalized spacial score (nSPS) is 13.3. The van der Waals surface area contributed by atoms with Crippen LogP contribution in [0.1, 0.15) is 66.7 Å². The molecule has 0 rings (SSSR count). The Morgan fingerprint density at radius 2 is 1.57 bits per heavy atom. The van der Waals surface area contributed by atoms with Gasteiger partial charge in [-0.3, -0.25) is 11.3 Å². The Kier molecular flexibility index (Phi) is 5.68. The summed E-state index contributed by atoms with van der Waals surface area (Å²) in [5.41, 5.74) is 3.20. The van der Waals surface area contributed by atoms with Crippen molar-refractivity contribution in [2.24, 2.45) is 11.3 Å². The third-order valence-electron chi connectivity index (χ3n) is 3.71. The maximum atomic E-state index is 5.57. The molecule has 0 aromatic rings. The molecule has 2 nitrogen and oxygen atoms in total. The number of hydrogen-bond donors (Lipinski definition) is 2. The van der Waals surface area contributed by atoms with E-state index in [-0.39, 0.29) is 11.0 Å². The largest absolute Gasteiger partial charge is 0.271 e. The lowest BCUT2D eigenvalue weighted by molar-refractivity contribution is 0.138. The monoisotopic (exact) mass is 200 g/mol. The lowest BCUT2D eigenvalue weighted by Crippen LogP contribution is -2.54. The molecule has 14 heavy (non-hydrogen) atoms. The van der Waals surface area contributed by atoms with Crippen molar-refractivity contribution in [1.29, 1.82) is 0 Å². The maximum absolute atomic E-state index is 5.57. The highest BCUT2D eigenvalue weighted by atomic mass is 15.3. The van der Waals surface area contributed by atoms with Crippen molar-refractivity contribution in [3.05, 3.63) is 0 Å². The van der Waals surface area contributed by atoms with Gasteiger partial charge in [-0.1, -0.05) is 46.5 Å². The van der Waals surface area contributed by atoms with Crippen molar-refractivity contribution in [1.82, 2.24) is 5.43 Å². The van der Waals surface area contributed by atoms with Gasteiger partial charge in [0.2, 0.25) is 0 Å². The van der Waals surface area contributed by atoms with E-state index < -0.39 is 0 Å². The van der Waals surface area contributed by atoms with Crippen molar-refractivity contribution >= 4 is 0 Å². The van der Waals surface area contributed by atoms with E-state index in [0.29, 0.717) is 0 Å². The SMILES string of the molecule is CCCCCCC(C)(C)C(C)(C)NN. The molecule has 0 saturated heterocycles. The van der Waals surface area contributed by atoms with Crippen LogP contribution in [-0.4, -0.2) is 5.54 Å². The molecule has 0 fully saturated rings. The van der Waals surface area contributed by atoms with Crippen molar-refractivity contribution in [2.75, 3.05) is 0 Å². The van der Waals surface area contributed by atoms with Gasteiger partial charge in [0, 0.05) is 5.54 Å². The number of unbranched alkanes of at least 4 members (excludes halogenated alkanes) is 3. The predicted molar refractivity (Wildman–Crippen MR) is 63.9 cm³/mol. The van der Waals surface area contributed by atoms with Crippen LogP contribution >= 0.6 is 0 Å². The van der Waals surface area contributed by atoms with Crippen LogP contribution in [0.2, 0.25) is 0 Å². The Morgan fingerprint density at radius 3 is 2.00 bits per heavy atom. The van der Waals surface area contributed by atoms with Crippen molar-refractivity contribution < 1.29 is 0 Å². The highest BCUT2D eigenvalue weighted by molar-refractivity contribution is 4.91. The van der Waals surface area contributed by atoms with E-state index in [4.69, 9.17) is 5.84 Å². The minimum absolute atomic E-state index is 0.0131. The Morgan fingerprint density at radius 1 is 1.00 bits per heavy atom. The summed E-state index contributed by atoms with van der Waals surface area (Å²) < 4.78 is 0. The minimum Gasteiger partial charge on any atom is -0.271 e. The quantitative estimate of drug-likeness (QED) is 0.376. The molecule has 2 heteroatoms. The van der Waals surface area contributed by atoms with E-state index in [1.807, 2.05) is 0 Å². The maximum Gasteiger partial charge on any atom is 0.0315 e. The molecule has 0 aliphatic carbocycles. The highest BCUT2D eigenvalue weighted by Gasteiger charge is 2.35. The van der Waals surface area contributed by atoms with Crippen LogP contribution in [0.25, 0.3) is 0 Å². The average Bonchev–Trinajstić information content (AvgIpc) is 2.12. The van der Waals surface area contributed by atoms with Crippen LogP contribution in [0, 0.1) is 5.41 Å². The summed E-state index contributed by atoms with van der Waals surface area (Å²) in [5.74, 6) is 5.57. The zero-order valence-corrected chi connectivity index (χ0v) is 10.6. The number of nitrogens with two attached hydrogens (primary N) is 1. The molecule has 0 saturated carbocycles. The first-order valence-corrected chi connectivity index (χ1v) is 5.85. The highest BCUT2D eigenvalue weighted by Crippen LogP contribution is 2.35. The van der Waals surface area contributed by atoms with Crippen LogP contribution in [0.3, 0.4) is 0 Å². The Bertz CT molecular complexity index is 150. The molecule has 0 radical (unpaired) electrons. The number of nitrogens with one attached hydrogen (secondary N) is 1. The molecule has 0 unspecified atom stereocenters. The first kappa shape index (κ1) is 13.9. The van der Waals surface area contributed by atoms with Crippen molar-refractivity contribution in [3.63, 3.8) is 0 Å². The van der Waals surface area contributed by atoms with E-state index in [2.05, 4.69) is 40.0 Å². The van der Waals surface area contributed by atoms with Gasteiger partial charge in [0.25, 0.3) is 0 Å². The van der Waals surface area contributed by atoms with Gasteiger partial charge in [-0.15, -0.1) is 0 Å². The first-order chi connectivity index (χ1) is 6.37. The second kappa shape index (κ2) is 5.72. The number of hydrogen-bond acceptors (Lipinski definition) is 2. The third kappa shape index (κ3) is 3.97. The van der Waals surface area contributed by atoms with Crippen LogP contribution < -0.4 is 11.3 Å². The van der Waals surface area contributed by atoms with Gasteiger partial charge in [-0.25, -0.2) is 0 Å². The average molecular weight is 200 g/mol. The van der Waals surface area contributed by atoms with Crippen LogP contribution in [0.5, 0.6) is 0 Å². The van der Waals surface area contributed by atoms with Gasteiger partial charge in [0.05, 0.1) is 0 Å². The van der Waals surface area contributed by atoms with E-state index in [1.54, 1.807) is 0 Å². The standard InChI is InChI=1S/C12H28N2/c1-6-7-8-9-10-11(2,3)12(4,5)14-13/h14H,6-10,13H2,1-5H3. The zero-order valence-electron chi connectivity index (χ0n) is 10.6. The summed E-state index contributed by atoms with van der Waals surface area (Å²) in [5, 5.41) is 0. The smallest absolute Gasteiger partial charge is 0.0315 e. The van der Waals surface area contributed by atoms with Gasteiger partial charge in [-0.05, 0) is 25.7 Å². The van der Waals surface area contributed by atoms with Gasteiger partial charge in [0.15, 0.2) is 0 Å². The number of hydrazine groups is 1. The lowest BCUT2D eigenvalue weighted by atomic mass is 9.71. The van der Waals surface area contributed by atoms with E-state index in [0.717, 1.165) is 0 Å². The van der Waals surface area contributed by atoms with Gasteiger partial charge in [0.1, 0.15) is 0 Å². The summed E-state index contributed by atoms with van der Waals surface area (Å²) in [7, 11) is 0. The van der Waals surface area contributed by atoms with Gasteiger partial charge in [-0.2, -0.15) is 0 Å². The summed E-state index contributed by atoms with van der Waals surface area (Å²) in [6.07, 6.45) is 6.56.